The van der Waals surface area contributed by atoms with Crippen molar-refractivity contribution in [1.29, 1.82) is 0 Å². The van der Waals surface area contributed by atoms with E-state index in [4.69, 9.17) is 0 Å². The number of piperidine rings is 1. The Balaban J connectivity index is 1.96. The average molecular weight is 316 g/mol. The largest absolute Gasteiger partial charge is 0.342 e. The quantitative estimate of drug-likeness (QED) is 0.836. The van der Waals surface area contributed by atoms with Crippen LogP contribution in [0.2, 0.25) is 0 Å². The minimum atomic E-state index is -0.0194. The van der Waals surface area contributed by atoms with Crippen LogP contribution in [0.15, 0.2) is 24.3 Å². The molecule has 1 atom stereocenters. The summed E-state index contributed by atoms with van der Waals surface area (Å²) in [5.41, 5.74) is 2.12. The summed E-state index contributed by atoms with van der Waals surface area (Å²) in [5.74, 6) is 0.722. The van der Waals surface area contributed by atoms with Gasteiger partial charge in [0.1, 0.15) is 0 Å². The van der Waals surface area contributed by atoms with E-state index < -0.39 is 0 Å². The van der Waals surface area contributed by atoms with Gasteiger partial charge in [0, 0.05) is 38.7 Å². The smallest absolute Gasteiger partial charge is 0.224 e. The zero-order valence-electron chi connectivity index (χ0n) is 14.5. The molecule has 1 aliphatic heterocycles. The maximum atomic E-state index is 12.4. The standard InChI is InChI=1S/C19H28N2O2/c1-4-17-7-9-18(10-8-17)21(16(3)22)13-11-19(23)20-12-5-6-15(2)14-20/h7-10,15H,4-6,11-14H2,1-3H3. The monoisotopic (exact) mass is 316 g/mol. The molecule has 126 valence electrons. The maximum absolute atomic E-state index is 12.4. The topological polar surface area (TPSA) is 40.6 Å². The molecule has 0 aliphatic carbocycles. The van der Waals surface area contributed by atoms with Gasteiger partial charge < -0.3 is 9.80 Å². The zero-order valence-corrected chi connectivity index (χ0v) is 14.5. The number of carbonyl (C=O) groups excluding carboxylic acids is 2. The normalized spacial score (nSPS) is 17.9. The first-order valence-corrected chi connectivity index (χ1v) is 8.66. The molecule has 2 amide bonds. The molecule has 1 saturated heterocycles. The maximum Gasteiger partial charge on any atom is 0.224 e. The van der Waals surface area contributed by atoms with E-state index in [2.05, 4.69) is 13.8 Å². The summed E-state index contributed by atoms with van der Waals surface area (Å²) >= 11 is 0. The molecule has 1 aliphatic rings. The third-order valence-corrected chi connectivity index (χ3v) is 4.60. The number of benzene rings is 1. The molecule has 0 spiro atoms. The Kier molecular flexibility index (Phi) is 6.20. The second-order valence-corrected chi connectivity index (χ2v) is 6.53. The van der Waals surface area contributed by atoms with Crippen LogP contribution in [0.25, 0.3) is 0 Å². The second kappa shape index (κ2) is 8.14. The van der Waals surface area contributed by atoms with Gasteiger partial charge in [-0.3, -0.25) is 9.59 Å². The predicted molar refractivity (Wildman–Crippen MR) is 93.4 cm³/mol. The first-order chi connectivity index (χ1) is 11.0. The molecule has 4 heteroatoms. The van der Waals surface area contributed by atoms with E-state index in [1.54, 1.807) is 11.8 Å². The number of rotatable bonds is 5. The molecule has 23 heavy (non-hydrogen) atoms. The lowest BCUT2D eigenvalue weighted by Crippen LogP contribution is -2.41. The predicted octanol–water partition coefficient (Wildman–Crippen LogP) is 3.25. The van der Waals surface area contributed by atoms with Crippen LogP contribution in [-0.4, -0.2) is 36.3 Å². The lowest BCUT2D eigenvalue weighted by molar-refractivity contribution is -0.132. The average Bonchev–Trinajstić information content (AvgIpc) is 2.55. The summed E-state index contributed by atoms with van der Waals surface area (Å²) < 4.78 is 0. The molecule has 1 aromatic carbocycles. The molecule has 1 aromatic rings. The van der Waals surface area contributed by atoms with Crippen LogP contribution in [0.5, 0.6) is 0 Å². The highest BCUT2D eigenvalue weighted by Crippen LogP contribution is 2.19. The molecule has 4 nitrogen and oxygen atoms in total. The van der Waals surface area contributed by atoms with Gasteiger partial charge in [-0.25, -0.2) is 0 Å². The Labute approximate surface area is 139 Å². The van der Waals surface area contributed by atoms with Crippen molar-refractivity contribution in [3.63, 3.8) is 0 Å². The Bertz CT molecular complexity index is 539. The van der Waals surface area contributed by atoms with Gasteiger partial charge in [-0.05, 0) is 42.9 Å². The van der Waals surface area contributed by atoms with Gasteiger partial charge in [-0.15, -0.1) is 0 Å². The molecule has 1 fully saturated rings. The molecule has 2 rings (SSSR count). The van der Waals surface area contributed by atoms with Gasteiger partial charge in [0.2, 0.25) is 11.8 Å². The fraction of sp³-hybridized carbons (Fsp3) is 0.579. The summed E-state index contributed by atoms with van der Waals surface area (Å²) in [4.78, 5) is 28.0. The fourth-order valence-corrected chi connectivity index (χ4v) is 3.16. The van der Waals surface area contributed by atoms with Crippen LogP contribution in [-0.2, 0) is 16.0 Å². The van der Waals surface area contributed by atoms with Crippen molar-refractivity contribution in [2.24, 2.45) is 5.92 Å². The van der Waals surface area contributed by atoms with Crippen LogP contribution < -0.4 is 4.90 Å². The first-order valence-electron chi connectivity index (χ1n) is 8.66. The number of amides is 2. The SMILES string of the molecule is CCc1ccc(N(CCC(=O)N2CCCC(C)C2)C(C)=O)cc1. The Hall–Kier alpha value is -1.84. The zero-order chi connectivity index (χ0) is 16.8. The van der Waals surface area contributed by atoms with Crippen molar-refractivity contribution in [3.05, 3.63) is 29.8 Å². The van der Waals surface area contributed by atoms with Gasteiger partial charge in [-0.1, -0.05) is 26.0 Å². The third kappa shape index (κ3) is 4.81. The minimum absolute atomic E-state index is 0.0194. The van der Waals surface area contributed by atoms with Crippen molar-refractivity contribution in [2.75, 3.05) is 24.5 Å². The van der Waals surface area contributed by atoms with Crippen molar-refractivity contribution in [3.8, 4) is 0 Å². The summed E-state index contributed by atoms with van der Waals surface area (Å²) in [6.45, 7) is 8.01. The highest BCUT2D eigenvalue weighted by atomic mass is 16.2. The Morgan fingerprint density at radius 1 is 1.26 bits per heavy atom. The highest BCUT2D eigenvalue weighted by molar-refractivity contribution is 5.92. The van der Waals surface area contributed by atoms with E-state index in [9.17, 15) is 9.59 Å². The number of nitrogens with zero attached hydrogens (tertiary/aromatic N) is 2. The molecular formula is C19H28N2O2. The summed E-state index contributed by atoms with van der Waals surface area (Å²) in [6, 6.07) is 8.01. The van der Waals surface area contributed by atoms with Crippen LogP contribution in [0.3, 0.4) is 0 Å². The van der Waals surface area contributed by atoms with Gasteiger partial charge in [-0.2, -0.15) is 0 Å². The van der Waals surface area contributed by atoms with Gasteiger partial charge in [0.15, 0.2) is 0 Å². The molecule has 0 saturated carbocycles. The van der Waals surface area contributed by atoms with Gasteiger partial charge in [0.25, 0.3) is 0 Å². The number of aryl methyl sites for hydroxylation is 1. The van der Waals surface area contributed by atoms with Crippen molar-refractivity contribution in [1.82, 2.24) is 4.90 Å². The lowest BCUT2D eigenvalue weighted by atomic mass is 10.00. The van der Waals surface area contributed by atoms with Gasteiger partial charge >= 0.3 is 0 Å². The molecule has 1 heterocycles. The van der Waals surface area contributed by atoms with E-state index in [0.29, 0.717) is 18.9 Å². The van der Waals surface area contributed by atoms with Crippen LogP contribution in [0.4, 0.5) is 5.69 Å². The van der Waals surface area contributed by atoms with Crippen molar-refractivity contribution < 1.29 is 9.59 Å². The molecule has 1 unspecified atom stereocenters. The summed E-state index contributed by atoms with van der Waals surface area (Å²) in [5, 5.41) is 0. The molecule has 0 N–H and O–H groups in total. The highest BCUT2D eigenvalue weighted by Gasteiger charge is 2.22. The van der Waals surface area contributed by atoms with E-state index in [0.717, 1.165) is 31.6 Å². The van der Waals surface area contributed by atoms with Crippen LogP contribution in [0.1, 0.15) is 45.6 Å². The first kappa shape index (κ1) is 17.5. The number of hydrogen-bond acceptors (Lipinski definition) is 2. The molecule has 0 aromatic heterocycles. The molecule has 0 bridgehead atoms. The van der Waals surface area contributed by atoms with E-state index in [1.807, 2.05) is 29.2 Å². The van der Waals surface area contributed by atoms with E-state index >= 15 is 0 Å². The molecular weight excluding hydrogens is 288 g/mol. The lowest BCUT2D eigenvalue weighted by Gasteiger charge is -2.31. The Morgan fingerprint density at radius 3 is 2.52 bits per heavy atom. The second-order valence-electron chi connectivity index (χ2n) is 6.53. The Morgan fingerprint density at radius 2 is 1.96 bits per heavy atom. The summed E-state index contributed by atoms with van der Waals surface area (Å²) in [7, 11) is 0. The number of carbonyl (C=O) groups is 2. The van der Waals surface area contributed by atoms with Crippen molar-refractivity contribution >= 4 is 17.5 Å². The number of anilines is 1. The van der Waals surface area contributed by atoms with Gasteiger partial charge in [0.05, 0.1) is 0 Å². The number of hydrogen-bond donors (Lipinski definition) is 0. The minimum Gasteiger partial charge on any atom is -0.342 e. The van der Waals surface area contributed by atoms with E-state index in [1.165, 1.54) is 12.0 Å². The van der Waals surface area contributed by atoms with Crippen LogP contribution in [0, 0.1) is 5.92 Å². The summed E-state index contributed by atoms with van der Waals surface area (Å²) in [6.07, 6.45) is 3.66. The molecule has 0 radical (unpaired) electrons. The third-order valence-electron chi connectivity index (χ3n) is 4.60. The van der Waals surface area contributed by atoms with Crippen molar-refractivity contribution in [2.45, 2.75) is 46.5 Å². The van der Waals surface area contributed by atoms with E-state index in [-0.39, 0.29) is 11.8 Å². The fourth-order valence-electron chi connectivity index (χ4n) is 3.16. The van der Waals surface area contributed by atoms with Crippen LogP contribution >= 0.6 is 0 Å². The number of likely N-dealkylation sites (tertiary alicyclic amines) is 1.